The maximum atomic E-state index is 15.0. The van der Waals surface area contributed by atoms with Crippen LogP contribution in [-0.2, 0) is 0 Å². The Balaban J connectivity index is 1.65. The van der Waals surface area contributed by atoms with E-state index in [0.29, 0.717) is 32.8 Å². The van der Waals surface area contributed by atoms with Crippen LogP contribution < -0.4 is 0 Å². The lowest BCUT2D eigenvalue weighted by Gasteiger charge is -2.09. The second-order valence-corrected chi connectivity index (χ2v) is 11.6. The van der Waals surface area contributed by atoms with E-state index in [1.54, 1.807) is 16.1 Å². The van der Waals surface area contributed by atoms with E-state index in [1.807, 2.05) is 0 Å². The Morgan fingerprint density at radius 1 is 0.359 bits per heavy atom. The molecule has 4 aromatic carbocycles. The molecule has 0 N–H and O–H groups in total. The third-order valence-electron chi connectivity index (χ3n) is 6.72. The molecule has 0 aliphatic carbocycles. The Kier molecular flexibility index (Phi) is 5.59. The Labute approximate surface area is 229 Å². The van der Waals surface area contributed by atoms with Gasteiger partial charge in [-0.3, -0.25) is 0 Å². The topological polar surface area (TPSA) is 0 Å². The highest BCUT2D eigenvalue weighted by Gasteiger charge is 2.25. The summed E-state index contributed by atoms with van der Waals surface area (Å²) in [5.74, 6) is -4.33. The van der Waals surface area contributed by atoms with E-state index in [4.69, 9.17) is 0 Å². The first kappa shape index (κ1) is 24.4. The number of rotatable bonds is 3. The summed E-state index contributed by atoms with van der Waals surface area (Å²) in [5.41, 5.74) is 2.13. The molecule has 39 heavy (non-hydrogen) atoms. The minimum absolute atomic E-state index is 0.191. The molecule has 0 saturated carbocycles. The van der Waals surface area contributed by atoms with E-state index >= 15 is 0 Å². The number of hydrogen-bond donors (Lipinski definition) is 0. The smallest absolute Gasteiger partial charge is 0.133 e. The molecule has 0 amide bonds. The van der Waals surface area contributed by atoms with E-state index < -0.39 is 34.9 Å². The van der Waals surface area contributed by atoms with Gasteiger partial charge in [-0.15, -0.1) is 34.0 Å². The van der Waals surface area contributed by atoms with E-state index in [9.17, 15) is 26.3 Å². The van der Waals surface area contributed by atoms with Gasteiger partial charge in [0.25, 0.3) is 0 Å². The number of thiophene rings is 3. The number of fused-ring (bicyclic) bond motifs is 6. The lowest BCUT2D eigenvalue weighted by molar-refractivity contribution is 0.585. The predicted molar refractivity (Wildman–Crippen MR) is 149 cm³/mol. The second-order valence-electron chi connectivity index (χ2n) is 8.93. The van der Waals surface area contributed by atoms with Gasteiger partial charge in [0.1, 0.15) is 34.9 Å². The third-order valence-corrected chi connectivity index (χ3v) is 9.71. The van der Waals surface area contributed by atoms with Gasteiger partial charge in [0, 0.05) is 81.8 Å². The summed E-state index contributed by atoms with van der Waals surface area (Å²) < 4.78 is 88.4. The van der Waals surface area contributed by atoms with Crippen LogP contribution in [0.1, 0.15) is 0 Å². The van der Waals surface area contributed by atoms with Gasteiger partial charge in [-0.25, -0.2) is 26.3 Å². The molecule has 0 radical (unpaired) electrons. The zero-order chi connectivity index (χ0) is 27.0. The molecule has 9 heteroatoms. The minimum atomic E-state index is -0.737. The first-order chi connectivity index (χ1) is 18.8. The van der Waals surface area contributed by atoms with Crippen LogP contribution in [0.5, 0.6) is 0 Å². The molecule has 0 aliphatic heterocycles. The van der Waals surface area contributed by atoms with Crippen LogP contribution in [0.15, 0.2) is 70.7 Å². The molecule has 0 bridgehead atoms. The van der Waals surface area contributed by atoms with Crippen molar-refractivity contribution < 1.29 is 26.3 Å². The minimum Gasteiger partial charge on any atom is -0.207 e. The normalized spacial score (nSPS) is 11.8. The van der Waals surface area contributed by atoms with E-state index in [0.717, 1.165) is 32.3 Å². The van der Waals surface area contributed by atoms with Gasteiger partial charge < -0.3 is 0 Å². The Hall–Kier alpha value is -3.66. The van der Waals surface area contributed by atoms with E-state index in [2.05, 4.69) is 0 Å². The lowest BCUT2D eigenvalue weighted by Crippen LogP contribution is -1.88. The Morgan fingerprint density at radius 3 is 0.897 bits per heavy atom. The molecule has 0 fully saturated rings. The van der Waals surface area contributed by atoms with Crippen molar-refractivity contribution >= 4 is 64.3 Å². The van der Waals surface area contributed by atoms with Gasteiger partial charge in [0.05, 0.1) is 0 Å². The van der Waals surface area contributed by atoms with E-state index in [-0.39, 0.29) is 16.7 Å². The van der Waals surface area contributed by atoms with Crippen molar-refractivity contribution in [3.8, 4) is 33.4 Å². The fourth-order valence-electron chi connectivity index (χ4n) is 5.02. The summed E-state index contributed by atoms with van der Waals surface area (Å²) in [7, 11) is 0. The Bertz CT molecular complexity index is 1830. The van der Waals surface area contributed by atoms with Crippen molar-refractivity contribution in [2.75, 3.05) is 0 Å². The molecular weight excluding hydrogens is 571 g/mol. The number of hydrogen-bond acceptors (Lipinski definition) is 3. The van der Waals surface area contributed by atoms with Crippen LogP contribution in [0.2, 0.25) is 0 Å². The highest BCUT2D eigenvalue weighted by molar-refractivity contribution is 7.26. The highest BCUT2D eigenvalue weighted by Crippen LogP contribution is 2.53. The third kappa shape index (κ3) is 3.71. The molecule has 7 aromatic rings. The average Bonchev–Trinajstić information content (AvgIpc) is 3.61. The van der Waals surface area contributed by atoms with Gasteiger partial charge in [-0.1, -0.05) is 0 Å². The molecule has 0 nitrogen and oxygen atoms in total. The first-order valence-electron chi connectivity index (χ1n) is 11.5. The molecule has 0 aliphatic rings. The predicted octanol–water partition coefficient (Wildman–Crippen LogP) is 11.2. The SMILES string of the molecule is Fc1ccc(-c2csc3c2c2scc(-c4ccc(F)cc4F)c2c2scc(-c4ccc(F)cc4F)c32)c(F)c1. The molecule has 0 atom stereocenters. The van der Waals surface area contributed by atoms with Crippen molar-refractivity contribution in [1.29, 1.82) is 0 Å². The van der Waals surface area contributed by atoms with Gasteiger partial charge in [-0.2, -0.15) is 0 Å². The van der Waals surface area contributed by atoms with Crippen LogP contribution >= 0.6 is 34.0 Å². The van der Waals surface area contributed by atoms with Crippen molar-refractivity contribution in [3.63, 3.8) is 0 Å². The number of benzene rings is 4. The second kappa shape index (κ2) is 8.94. The van der Waals surface area contributed by atoms with Crippen LogP contribution in [0.3, 0.4) is 0 Å². The first-order valence-corrected chi connectivity index (χ1v) is 14.2. The zero-order valence-corrected chi connectivity index (χ0v) is 21.9. The molecule has 0 unspecified atom stereocenters. The molecule has 3 heterocycles. The molecular formula is C30H12F6S3. The maximum absolute atomic E-state index is 15.0. The van der Waals surface area contributed by atoms with Crippen LogP contribution in [-0.4, -0.2) is 0 Å². The standard InChI is InChI=1S/C30H12F6S3/c31-13-1-4-16(22(34)7-13)19-10-37-28-25(19)29-27(20(11-38-29)17-5-2-14(32)8-23(17)35)30-26(28)21(12-39-30)18-6-3-15(33)9-24(18)36/h1-12H. The van der Waals surface area contributed by atoms with Crippen LogP contribution in [0.4, 0.5) is 26.3 Å². The maximum Gasteiger partial charge on any atom is 0.133 e. The summed E-state index contributed by atoms with van der Waals surface area (Å²) >= 11 is 3.99. The Morgan fingerprint density at radius 2 is 0.641 bits per heavy atom. The molecule has 0 saturated heterocycles. The number of halogens is 6. The van der Waals surface area contributed by atoms with Crippen molar-refractivity contribution in [2.24, 2.45) is 0 Å². The zero-order valence-electron chi connectivity index (χ0n) is 19.4. The summed E-state index contributed by atoms with van der Waals surface area (Å²) in [6, 6.07) is 10.1. The largest absolute Gasteiger partial charge is 0.207 e. The summed E-state index contributed by atoms with van der Waals surface area (Å²) in [4.78, 5) is 0. The molecule has 7 rings (SSSR count). The average molecular weight is 583 g/mol. The molecule has 192 valence electrons. The van der Waals surface area contributed by atoms with Crippen LogP contribution in [0.25, 0.3) is 63.6 Å². The fraction of sp³-hybridized carbons (Fsp3) is 0. The van der Waals surface area contributed by atoms with Crippen molar-refractivity contribution in [3.05, 3.63) is 106 Å². The summed E-state index contributed by atoms with van der Waals surface area (Å²) in [5, 5.41) is 7.28. The highest BCUT2D eigenvalue weighted by atomic mass is 32.1. The van der Waals surface area contributed by atoms with Crippen molar-refractivity contribution in [1.82, 2.24) is 0 Å². The van der Waals surface area contributed by atoms with Gasteiger partial charge in [0.2, 0.25) is 0 Å². The van der Waals surface area contributed by atoms with E-state index in [1.165, 1.54) is 70.4 Å². The lowest BCUT2D eigenvalue weighted by atomic mass is 9.96. The fourth-order valence-corrected chi connectivity index (χ4v) is 8.63. The quantitative estimate of drug-likeness (QED) is 0.182. The van der Waals surface area contributed by atoms with Crippen molar-refractivity contribution in [2.45, 2.75) is 0 Å². The molecule has 3 aromatic heterocycles. The monoisotopic (exact) mass is 582 g/mol. The summed E-state index contributed by atoms with van der Waals surface area (Å²) in [6.07, 6.45) is 0. The molecule has 0 spiro atoms. The van der Waals surface area contributed by atoms with Gasteiger partial charge in [0.15, 0.2) is 0 Å². The van der Waals surface area contributed by atoms with Gasteiger partial charge in [-0.05, 0) is 52.5 Å². The van der Waals surface area contributed by atoms with Gasteiger partial charge >= 0.3 is 0 Å². The summed E-state index contributed by atoms with van der Waals surface area (Å²) in [6.45, 7) is 0. The van der Waals surface area contributed by atoms with Crippen LogP contribution in [0, 0.1) is 34.9 Å².